The molecule has 1 aliphatic heterocycles. The van der Waals surface area contributed by atoms with Gasteiger partial charge in [-0.1, -0.05) is 12.6 Å². The Labute approximate surface area is 221 Å². The van der Waals surface area contributed by atoms with Crippen molar-refractivity contribution in [1.29, 1.82) is 0 Å². The number of alkyl halides is 3. The Kier molecular flexibility index (Phi) is 6.59. The molecule has 39 heavy (non-hydrogen) atoms. The lowest BCUT2D eigenvalue weighted by molar-refractivity contribution is -0.138. The summed E-state index contributed by atoms with van der Waals surface area (Å²) in [6.45, 7) is 5.76. The average molecular weight is 536 g/mol. The van der Waals surface area contributed by atoms with Crippen molar-refractivity contribution in [1.82, 2.24) is 19.0 Å². The molecule has 1 atom stereocenters. The van der Waals surface area contributed by atoms with Gasteiger partial charge in [0, 0.05) is 30.5 Å². The fraction of sp³-hybridized carbons (Fsp3) is 0.214. The molecule has 0 bridgehead atoms. The predicted molar refractivity (Wildman–Crippen MR) is 140 cm³/mol. The number of aromatic nitrogens is 3. The quantitative estimate of drug-likeness (QED) is 0.375. The second-order valence-corrected chi connectivity index (χ2v) is 9.31. The fourth-order valence-electron chi connectivity index (χ4n) is 4.92. The number of hydrogen-bond acceptors (Lipinski definition) is 4. The minimum Gasteiger partial charge on any atom is -0.337 e. The lowest BCUT2D eigenvalue weighted by atomic mass is 10.0. The first-order valence-corrected chi connectivity index (χ1v) is 12.2. The molecule has 0 aliphatic carbocycles. The third-order valence-corrected chi connectivity index (χ3v) is 6.88. The molecule has 8 nitrogen and oxygen atoms in total. The van der Waals surface area contributed by atoms with E-state index in [0.29, 0.717) is 41.9 Å². The first-order chi connectivity index (χ1) is 18.6. The highest BCUT2D eigenvalue weighted by molar-refractivity contribution is 6.04. The Bertz CT molecular complexity index is 1650. The number of likely N-dealkylation sites (tertiary alicyclic amines) is 1. The number of benzene rings is 2. The highest BCUT2D eigenvalue weighted by Crippen LogP contribution is 2.32. The number of carbonyl (C=O) groups is 2. The monoisotopic (exact) mass is 535 g/mol. The van der Waals surface area contributed by atoms with Gasteiger partial charge in [-0.05, 0) is 67.4 Å². The summed E-state index contributed by atoms with van der Waals surface area (Å²) in [5.41, 5.74) is 0.852. The number of nitrogens with zero attached hydrogens (tertiary/aromatic N) is 4. The largest absolute Gasteiger partial charge is 0.416 e. The van der Waals surface area contributed by atoms with E-state index in [1.807, 2.05) is 0 Å². The van der Waals surface area contributed by atoms with Crippen molar-refractivity contribution in [2.24, 2.45) is 0 Å². The maximum absolute atomic E-state index is 13.6. The van der Waals surface area contributed by atoms with Crippen LogP contribution in [0.2, 0.25) is 0 Å². The molecular weight excluding hydrogens is 511 g/mol. The molecular formula is C28H24F3N5O3. The van der Waals surface area contributed by atoms with Gasteiger partial charge in [-0.2, -0.15) is 13.2 Å². The van der Waals surface area contributed by atoms with E-state index in [-0.39, 0.29) is 28.8 Å². The van der Waals surface area contributed by atoms with E-state index in [1.54, 1.807) is 52.2 Å². The Balaban J connectivity index is 1.43. The van der Waals surface area contributed by atoms with Gasteiger partial charge in [0.15, 0.2) is 0 Å². The topological polar surface area (TPSA) is 89.2 Å². The molecule has 1 aliphatic rings. The number of imidazole rings is 1. The van der Waals surface area contributed by atoms with Gasteiger partial charge in [-0.25, -0.2) is 4.79 Å². The minimum absolute atomic E-state index is 0.0279. The van der Waals surface area contributed by atoms with Crippen LogP contribution in [0, 0.1) is 6.92 Å². The zero-order chi connectivity index (χ0) is 27.9. The number of fused-ring (bicyclic) bond motifs is 1. The Morgan fingerprint density at radius 3 is 2.54 bits per heavy atom. The van der Waals surface area contributed by atoms with Crippen LogP contribution in [-0.2, 0) is 11.0 Å². The van der Waals surface area contributed by atoms with Crippen LogP contribution in [0.3, 0.4) is 0 Å². The van der Waals surface area contributed by atoms with Crippen LogP contribution >= 0.6 is 0 Å². The molecule has 1 N–H and O–H groups in total. The maximum Gasteiger partial charge on any atom is 0.416 e. The highest BCUT2D eigenvalue weighted by atomic mass is 19.4. The van der Waals surface area contributed by atoms with Crippen molar-refractivity contribution in [3.8, 4) is 5.69 Å². The number of aryl methyl sites for hydroxylation is 1. The first-order valence-electron chi connectivity index (χ1n) is 12.2. The number of amides is 2. The van der Waals surface area contributed by atoms with Crippen LogP contribution in [0.1, 0.15) is 33.9 Å². The molecule has 1 fully saturated rings. The molecule has 0 saturated carbocycles. The SMILES string of the molecule is C=CC(=O)N1CC[C@@H](n2c(=O)n(-c3ccc(NC(=O)c4ccc(C)c(C(F)(F)F)c4)cc3)c3cnccc32)C1. The minimum atomic E-state index is -4.57. The molecule has 5 rings (SSSR count). The van der Waals surface area contributed by atoms with Gasteiger partial charge >= 0.3 is 11.9 Å². The van der Waals surface area contributed by atoms with Crippen molar-refractivity contribution in [3.63, 3.8) is 0 Å². The van der Waals surface area contributed by atoms with Gasteiger partial charge in [0.2, 0.25) is 5.91 Å². The van der Waals surface area contributed by atoms with Gasteiger partial charge in [0.05, 0.1) is 34.5 Å². The summed E-state index contributed by atoms with van der Waals surface area (Å²) in [5, 5.41) is 2.60. The molecule has 1 saturated heterocycles. The second kappa shape index (κ2) is 9.90. The normalized spacial score (nSPS) is 15.5. The number of anilines is 1. The van der Waals surface area contributed by atoms with E-state index in [1.165, 1.54) is 29.7 Å². The van der Waals surface area contributed by atoms with Crippen LogP contribution in [0.15, 0.2) is 78.4 Å². The Hall–Kier alpha value is -4.67. The molecule has 2 aromatic carbocycles. The van der Waals surface area contributed by atoms with Crippen LogP contribution in [0.25, 0.3) is 16.7 Å². The molecule has 0 spiro atoms. The second-order valence-electron chi connectivity index (χ2n) is 9.31. The lowest BCUT2D eigenvalue weighted by Gasteiger charge is -2.15. The van der Waals surface area contributed by atoms with Crippen molar-refractivity contribution in [2.45, 2.75) is 25.6 Å². The standard InChI is InChI=1S/C28H24F3N5O3/c1-3-25(37)34-13-11-21(16-34)36-23-10-12-32-15-24(23)35(27(36)39)20-8-6-19(7-9-20)33-26(38)18-5-4-17(2)22(14-18)28(29,30)31/h3-10,12,14-15,21H,1,11,13,16H2,2H3,(H,33,38)/t21-/m1/s1. The number of halogens is 3. The van der Waals surface area contributed by atoms with E-state index in [0.717, 1.165) is 6.07 Å². The summed E-state index contributed by atoms with van der Waals surface area (Å²) < 4.78 is 42.9. The lowest BCUT2D eigenvalue weighted by Crippen LogP contribution is -2.31. The third kappa shape index (κ3) is 4.83. The number of rotatable bonds is 5. The highest BCUT2D eigenvalue weighted by Gasteiger charge is 2.33. The predicted octanol–water partition coefficient (Wildman–Crippen LogP) is 4.73. The Morgan fingerprint density at radius 1 is 1.10 bits per heavy atom. The van der Waals surface area contributed by atoms with Crippen molar-refractivity contribution >= 4 is 28.5 Å². The summed E-state index contributed by atoms with van der Waals surface area (Å²) in [5.74, 6) is -0.875. The van der Waals surface area contributed by atoms with E-state index < -0.39 is 17.6 Å². The van der Waals surface area contributed by atoms with Gasteiger partial charge in [-0.15, -0.1) is 0 Å². The zero-order valence-corrected chi connectivity index (χ0v) is 20.9. The molecule has 0 unspecified atom stereocenters. The van der Waals surface area contributed by atoms with Crippen LogP contribution in [0.5, 0.6) is 0 Å². The molecule has 200 valence electrons. The number of carbonyl (C=O) groups excluding carboxylic acids is 2. The summed E-state index contributed by atoms with van der Waals surface area (Å²) in [6.07, 6.45) is 0.479. The molecule has 11 heteroatoms. The summed E-state index contributed by atoms with van der Waals surface area (Å²) >= 11 is 0. The van der Waals surface area contributed by atoms with Crippen molar-refractivity contribution in [2.75, 3.05) is 18.4 Å². The number of hydrogen-bond donors (Lipinski definition) is 1. The summed E-state index contributed by atoms with van der Waals surface area (Å²) in [6, 6.07) is 11.3. The van der Waals surface area contributed by atoms with Gasteiger partial charge in [-0.3, -0.25) is 23.7 Å². The smallest absolute Gasteiger partial charge is 0.337 e. The number of nitrogens with one attached hydrogen (secondary N) is 1. The Morgan fingerprint density at radius 2 is 1.85 bits per heavy atom. The first kappa shape index (κ1) is 26.0. The maximum atomic E-state index is 13.6. The summed E-state index contributed by atoms with van der Waals surface area (Å²) in [4.78, 5) is 44.2. The third-order valence-electron chi connectivity index (χ3n) is 6.88. The molecule has 2 aromatic heterocycles. The van der Waals surface area contributed by atoms with E-state index in [9.17, 15) is 27.6 Å². The van der Waals surface area contributed by atoms with Crippen LogP contribution in [-0.4, -0.2) is 43.9 Å². The fourth-order valence-corrected chi connectivity index (χ4v) is 4.92. The number of pyridine rings is 1. The van der Waals surface area contributed by atoms with Crippen LogP contribution < -0.4 is 11.0 Å². The molecule has 3 heterocycles. The van der Waals surface area contributed by atoms with Gasteiger partial charge in [0.1, 0.15) is 0 Å². The van der Waals surface area contributed by atoms with Crippen molar-refractivity contribution < 1.29 is 22.8 Å². The van der Waals surface area contributed by atoms with Gasteiger partial charge in [0.25, 0.3) is 5.91 Å². The van der Waals surface area contributed by atoms with E-state index in [2.05, 4.69) is 16.9 Å². The average Bonchev–Trinajstić information content (AvgIpc) is 3.50. The van der Waals surface area contributed by atoms with Crippen LogP contribution in [0.4, 0.5) is 18.9 Å². The van der Waals surface area contributed by atoms with E-state index in [4.69, 9.17) is 0 Å². The molecule has 2 amide bonds. The zero-order valence-electron chi connectivity index (χ0n) is 20.9. The summed E-state index contributed by atoms with van der Waals surface area (Å²) in [7, 11) is 0. The van der Waals surface area contributed by atoms with Crippen molar-refractivity contribution in [3.05, 3.63) is 101 Å². The molecule has 4 aromatic rings. The van der Waals surface area contributed by atoms with E-state index >= 15 is 0 Å². The molecule has 0 radical (unpaired) electrons. The van der Waals surface area contributed by atoms with Gasteiger partial charge < -0.3 is 10.2 Å².